The number of hydrogen-bond acceptors (Lipinski definition) is 3. The van der Waals surface area contributed by atoms with E-state index in [1.54, 1.807) is 21.5 Å². The van der Waals surface area contributed by atoms with E-state index in [1.165, 1.54) is 4.57 Å². The van der Waals surface area contributed by atoms with Gasteiger partial charge in [0.2, 0.25) is 0 Å². The van der Waals surface area contributed by atoms with E-state index in [0.29, 0.717) is 30.8 Å². The molecule has 0 bridgehead atoms. The van der Waals surface area contributed by atoms with Gasteiger partial charge in [-0.2, -0.15) is 0 Å². The molecule has 0 N–H and O–H groups in total. The molecule has 2 rings (SSSR count). The standard InChI is InChI=1S/C14H20N4O2/c1-4-7-16-10-15-12-11(16)13(19)18(9-6-3)14(20)17(12)8-5-2/h4,10H,1,5-9H2,2-3H3. The summed E-state index contributed by atoms with van der Waals surface area (Å²) in [5, 5.41) is 0. The number of aryl methyl sites for hydroxylation is 1. The number of imidazole rings is 1. The molecule has 0 aliphatic heterocycles. The lowest BCUT2D eigenvalue weighted by atomic mass is 10.4. The van der Waals surface area contributed by atoms with Gasteiger partial charge in [-0.3, -0.25) is 13.9 Å². The first-order valence-electron chi connectivity index (χ1n) is 6.95. The van der Waals surface area contributed by atoms with Gasteiger partial charge in [0, 0.05) is 19.6 Å². The van der Waals surface area contributed by atoms with Gasteiger partial charge in [-0.15, -0.1) is 6.58 Å². The molecule has 0 spiro atoms. The maximum atomic E-state index is 12.5. The van der Waals surface area contributed by atoms with Gasteiger partial charge in [0.05, 0.1) is 6.33 Å². The Kier molecular flexibility index (Phi) is 4.22. The van der Waals surface area contributed by atoms with Gasteiger partial charge in [-0.25, -0.2) is 9.78 Å². The van der Waals surface area contributed by atoms with Crippen molar-refractivity contribution >= 4 is 11.2 Å². The minimum Gasteiger partial charge on any atom is -0.321 e. The molecular weight excluding hydrogens is 256 g/mol. The Morgan fingerprint density at radius 2 is 1.85 bits per heavy atom. The molecule has 0 atom stereocenters. The molecule has 0 fully saturated rings. The quantitative estimate of drug-likeness (QED) is 0.749. The number of hydrogen-bond donors (Lipinski definition) is 0. The van der Waals surface area contributed by atoms with Crippen LogP contribution in [0, 0.1) is 0 Å². The summed E-state index contributed by atoms with van der Waals surface area (Å²) < 4.78 is 4.63. The summed E-state index contributed by atoms with van der Waals surface area (Å²) in [6, 6.07) is 0. The van der Waals surface area contributed by atoms with Gasteiger partial charge in [0.25, 0.3) is 5.56 Å². The second-order valence-corrected chi connectivity index (χ2v) is 4.75. The van der Waals surface area contributed by atoms with Crippen LogP contribution in [-0.2, 0) is 19.6 Å². The first kappa shape index (κ1) is 14.3. The lowest BCUT2D eigenvalue weighted by molar-refractivity contribution is 0.554. The minimum absolute atomic E-state index is 0.265. The predicted octanol–water partition coefficient (Wildman–Crippen LogP) is 1.37. The average molecular weight is 276 g/mol. The van der Waals surface area contributed by atoms with Crippen LogP contribution in [0.4, 0.5) is 0 Å². The zero-order valence-corrected chi connectivity index (χ0v) is 12.0. The van der Waals surface area contributed by atoms with E-state index in [9.17, 15) is 9.59 Å². The molecule has 0 saturated heterocycles. The zero-order chi connectivity index (χ0) is 14.7. The fourth-order valence-electron chi connectivity index (χ4n) is 2.36. The van der Waals surface area contributed by atoms with E-state index in [-0.39, 0.29) is 11.2 Å². The van der Waals surface area contributed by atoms with E-state index in [0.717, 1.165) is 12.8 Å². The van der Waals surface area contributed by atoms with Crippen molar-refractivity contribution in [1.82, 2.24) is 18.7 Å². The van der Waals surface area contributed by atoms with E-state index in [2.05, 4.69) is 11.6 Å². The molecule has 0 unspecified atom stereocenters. The van der Waals surface area contributed by atoms with Crippen LogP contribution in [0.25, 0.3) is 11.2 Å². The molecule has 108 valence electrons. The third-order valence-electron chi connectivity index (χ3n) is 3.20. The van der Waals surface area contributed by atoms with Crippen molar-refractivity contribution in [3.05, 3.63) is 39.8 Å². The molecule has 0 aliphatic rings. The lowest BCUT2D eigenvalue weighted by Crippen LogP contribution is -2.40. The third-order valence-corrected chi connectivity index (χ3v) is 3.20. The number of allylic oxidation sites excluding steroid dienone is 1. The Labute approximate surface area is 117 Å². The number of nitrogens with zero attached hydrogens (tertiary/aromatic N) is 4. The van der Waals surface area contributed by atoms with Gasteiger partial charge in [-0.05, 0) is 12.8 Å². The van der Waals surface area contributed by atoms with E-state index >= 15 is 0 Å². The van der Waals surface area contributed by atoms with Crippen molar-refractivity contribution in [2.45, 2.75) is 46.3 Å². The van der Waals surface area contributed by atoms with Crippen LogP contribution in [0.15, 0.2) is 28.6 Å². The molecule has 20 heavy (non-hydrogen) atoms. The average Bonchev–Trinajstić information content (AvgIpc) is 2.84. The minimum atomic E-state index is -0.268. The van der Waals surface area contributed by atoms with Crippen LogP contribution < -0.4 is 11.2 Å². The van der Waals surface area contributed by atoms with Crippen molar-refractivity contribution in [3.63, 3.8) is 0 Å². The molecule has 2 aromatic rings. The molecule has 6 nitrogen and oxygen atoms in total. The van der Waals surface area contributed by atoms with Crippen molar-refractivity contribution < 1.29 is 0 Å². The van der Waals surface area contributed by atoms with E-state index in [4.69, 9.17) is 0 Å². The van der Waals surface area contributed by atoms with Gasteiger partial charge in [0.1, 0.15) is 0 Å². The summed E-state index contributed by atoms with van der Waals surface area (Å²) in [6.45, 7) is 9.11. The molecule has 0 aromatic carbocycles. The second kappa shape index (κ2) is 5.90. The Morgan fingerprint density at radius 3 is 2.45 bits per heavy atom. The Bertz CT molecular complexity index is 736. The van der Waals surface area contributed by atoms with Crippen LogP contribution in [0.5, 0.6) is 0 Å². The monoisotopic (exact) mass is 276 g/mol. The number of rotatable bonds is 6. The highest BCUT2D eigenvalue weighted by Gasteiger charge is 2.16. The topological polar surface area (TPSA) is 61.8 Å². The zero-order valence-electron chi connectivity index (χ0n) is 12.0. The summed E-state index contributed by atoms with van der Waals surface area (Å²) >= 11 is 0. The molecule has 0 saturated carbocycles. The highest BCUT2D eigenvalue weighted by molar-refractivity contribution is 5.70. The fourth-order valence-corrected chi connectivity index (χ4v) is 2.36. The van der Waals surface area contributed by atoms with Crippen LogP contribution in [0.1, 0.15) is 26.7 Å². The molecule has 6 heteroatoms. The van der Waals surface area contributed by atoms with Gasteiger partial charge in [0.15, 0.2) is 11.2 Å². The Morgan fingerprint density at radius 1 is 1.20 bits per heavy atom. The first-order chi connectivity index (χ1) is 9.65. The lowest BCUT2D eigenvalue weighted by Gasteiger charge is -2.10. The van der Waals surface area contributed by atoms with Gasteiger partial charge in [-0.1, -0.05) is 19.9 Å². The summed E-state index contributed by atoms with van der Waals surface area (Å²) in [5.74, 6) is 0. The summed E-state index contributed by atoms with van der Waals surface area (Å²) in [7, 11) is 0. The highest BCUT2D eigenvalue weighted by atomic mass is 16.2. The summed E-state index contributed by atoms with van der Waals surface area (Å²) in [4.78, 5) is 29.2. The molecule has 0 amide bonds. The molecular formula is C14H20N4O2. The van der Waals surface area contributed by atoms with Crippen molar-refractivity contribution in [2.75, 3.05) is 0 Å². The predicted molar refractivity (Wildman–Crippen MR) is 79.0 cm³/mol. The largest absolute Gasteiger partial charge is 0.332 e. The summed E-state index contributed by atoms with van der Waals surface area (Å²) in [6.07, 6.45) is 4.85. The number of aromatic nitrogens is 4. The van der Waals surface area contributed by atoms with Gasteiger partial charge < -0.3 is 4.57 Å². The van der Waals surface area contributed by atoms with E-state index in [1.807, 2.05) is 13.8 Å². The van der Waals surface area contributed by atoms with Crippen molar-refractivity contribution in [3.8, 4) is 0 Å². The third kappa shape index (κ3) is 2.21. The highest BCUT2D eigenvalue weighted by Crippen LogP contribution is 2.07. The second-order valence-electron chi connectivity index (χ2n) is 4.75. The fraction of sp³-hybridized carbons (Fsp3) is 0.500. The van der Waals surface area contributed by atoms with Crippen LogP contribution >= 0.6 is 0 Å². The first-order valence-corrected chi connectivity index (χ1v) is 6.95. The normalized spacial score (nSPS) is 11.1. The Balaban J connectivity index is 2.86. The van der Waals surface area contributed by atoms with Crippen LogP contribution in [0.2, 0.25) is 0 Å². The maximum Gasteiger partial charge on any atom is 0.332 e. The van der Waals surface area contributed by atoms with Crippen LogP contribution in [-0.4, -0.2) is 18.7 Å². The van der Waals surface area contributed by atoms with Gasteiger partial charge >= 0.3 is 5.69 Å². The molecule has 0 aliphatic carbocycles. The van der Waals surface area contributed by atoms with E-state index < -0.39 is 0 Å². The Hall–Kier alpha value is -2.11. The summed E-state index contributed by atoms with van der Waals surface area (Å²) in [5.41, 5.74) is 0.413. The SMILES string of the molecule is C=CCn1cnc2c1c(=O)n(CCC)c(=O)n2CCC. The van der Waals surface area contributed by atoms with Crippen molar-refractivity contribution in [2.24, 2.45) is 0 Å². The maximum absolute atomic E-state index is 12.5. The molecule has 2 heterocycles. The van der Waals surface area contributed by atoms with Crippen molar-refractivity contribution in [1.29, 1.82) is 0 Å². The number of fused-ring (bicyclic) bond motifs is 1. The smallest absolute Gasteiger partial charge is 0.321 e. The van der Waals surface area contributed by atoms with Crippen LogP contribution in [0.3, 0.4) is 0 Å². The molecule has 2 aromatic heterocycles. The molecule has 0 radical (unpaired) electrons.